The van der Waals surface area contributed by atoms with E-state index in [4.69, 9.17) is 0 Å². The Morgan fingerprint density at radius 3 is 1.48 bits per heavy atom. The molecule has 0 aromatic heterocycles. The summed E-state index contributed by atoms with van der Waals surface area (Å²) < 4.78 is 0. The lowest BCUT2D eigenvalue weighted by Gasteiger charge is -2.26. The van der Waals surface area contributed by atoms with Crippen molar-refractivity contribution in [1.29, 1.82) is 0 Å². The molecular formula is C54H40. The zero-order valence-electron chi connectivity index (χ0n) is 31.2. The fourth-order valence-electron chi connectivity index (χ4n) is 10.2. The molecule has 0 heteroatoms. The first-order valence-corrected chi connectivity index (χ1v) is 19.3. The van der Waals surface area contributed by atoms with Gasteiger partial charge in [0.2, 0.25) is 0 Å². The monoisotopic (exact) mass is 688 g/mol. The van der Waals surface area contributed by atoms with E-state index < -0.39 is 0 Å². The van der Waals surface area contributed by atoms with Gasteiger partial charge in [0.15, 0.2) is 0 Å². The Balaban J connectivity index is 1.03. The van der Waals surface area contributed by atoms with E-state index >= 15 is 0 Å². The molecule has 0 spiro atoms. The van der Waals surface area contributed by atoms with Gasteiger partial charge in [-0.25, -0.2) is 0 Å². The lowest BCUT2D eigenvalue weighted by Crippen LogP contribution is -2.18. The minimum Gasteiger partial charge on any atom is -0.0622 e. The fourth-order valence-corrected chi connectivity index (χ4v) is 10.2. The van der Waals surface area contributed by atoms with Crippen LogP contribution in [0.3, 0.4) is 0 Å². The van der Waals surface area contributed by atoms with Gasteiger partial charge in [0.25, 0.3) is 0 Å². The smallest absolute Gasteiger partial charge is 0.0165 e. The summed E-state index contributed by atoms with van der Waals surface area (Å²) in [7, 11) is 0. The molecule has 0 radical (unpaired) electrons. The van der Waals surface area contributed by atoms with E-state index in [-0.39, 0.29) is 10.8 Å². The number of hydrogen-bond acceptors (Lipinski definition) is 0. The topological polar surface area (TPSA) is 0 Å². The molecular weight excluding hydrogens is 649 g/mol. The van der Waals surface area contributed by atoms with E-state index in [0.717, 1.165) is 0 Å². The highest BCUT2D eigenvalue weighted by Crippen LogP contribution is 2.59. The molecule has 0 N–H and O–H groups in total. The molecule has 9 aromatic rings. The predicted octanol–water partition coefficient (Wildman–Crippen LogP) is 14.8. The van der Waals surface area contributed by atoms with Crippen LogP contribution in [-0.2, 0) is 10.8 Å². The zero-order valence-corrected chi connectivity index (χ0v) is 31.2. The Labute approximate surface area is 317 Å². The second-order valence-electron chi connectivity index (χ2n) is 16.5. The SMILES string of the molecule is CC1(C)c2ccccc2-c2c1ccc1c2C(C)(C)c2ccc(-c3ccc4cc(-c5c6ccccc6c(-c6ccccc6)c6ccccc56)ccc4c3)cc2-1. The summed E-state index contributed by atoms with van der Waals surface area (Å²) in [4.78, 5) is 0. The van der Waals surface area contributed by atoms with Crippen LogP contribution in [0.4, 0.5) is 0 Å². The van der Waals surface area contributed by atoms with Gasteiger partial charge in [0.05, 0.1) is 0 Å². The molecule has 9 aromatic carbocycles. The van der Waals surface area contributed by atoms with Crippen molar-refractivity contribution in [3.8, 4) is 55.6 Å². The van der Waals surface area contributed by atoms with Crippen LogP contribution in [0, 0.1) is 0 Å². The highest BCUT2D eigenvalue weighted by molar-refractivity contribution is 6.21. The molecule has 0 amide bonds. The summed E-state index contributed by atoms with van der Waals surface area (Å²) in [5.41, 5.74) is 18.9. The van der Waals surface area contributed by atoms with Crippen LogP contribution in [0.5, 0.6) is 0 Å². The molecule has 0 saturated heterocycles. The second-order valence-corrected chi connectivity index (χ2v) is 16.5. The average Bonchev–Trinajstić information content (AvgIpc) is 3.59. The standard InChI is InChI=1S/C54H40/c1-53(2)46-21-13-12-20-44(46)51-48(53)29-27-43-45-32-37(26-28-47(45)54(3,4)52(43)51)35-22-23-36-31-38(25-24-34(36)30-35)50-41-18-10-8-16-39(41)49(33-14-6-5-7-15-33)40-17-9-11-19-42(40)50/h5-32H,1-4H3. The van der Waals surface area contributed by atoms with Crippen molar-refractivity contribution in [2.45, 2.75) is 38.5 Å². The lowest BCUT2D eigenvalue weighted by atomic mass is 9.77. The normalized spacial score (nSPS) is 14.6. The van der Waals surface area contributed by atoms with Crippen molar-refractivity contribution in [3.05, 3.63) is 192 Å². The number of benzene rings is 9. The molecule has 54 heavy (non-hydrogen) atoms. The van der Waals surface area contributed by atoms with E-state index in [1.807, 2.05) is 0 Å². The van der Waals surface area contributed by atoms with E-state index in [1.165, 1.54) is 110 Å². The van der Waals surface area contributed by atoms with E-state index in [2.05, 4.69) is 198 Å². The summed E-state index contributed by atoms with van der Waals surface area (Å²) in [5.74, 6) is 0. The summed E-state index contributed by atoms with van der Waals surface area (Å²) >= 11 is 0. The maximum atomic E-state index is 2.45. The molecule has 0 fully saturated rings. The Morgan fingerprint density at radius 2 is 0.796 bits per heavy atom. The maximum Gasteiger partial charge on any atom is 0.0165 e. The summed E-state index contributed by atoms with van der Waals surface area (Å²) in [6.45, 7) is 9.60. The quantitative estimate of drug-likeness (QED) is 0.162. The van der Waals surface area contributed by atoms with Crippen molar-refractivity contribution in [1.82, 2.24) is 0 Å². The lowest BCUT2D eigenvalue weighted by molar-refractivity contribution is 0.647. The van der Waals surface area contributed by atoms with Crippen LogP contribution in [-0.4, -0.2) is 0 Å². The maximum absolute atomic E-state index is 2.45. The summed E-state index contributed by atoms with van der Waals surface area (Å²) in [6.07, 6.45) is 0. The molecule has 256 valence electrons. The van der Waals surface area contributed by atoms with Gasteiger partial charge < -0.3 is 0 Å². The first-order chi connectivity index (χ1) is 26.3. The predicted molar refractivity (Wildman–Crippen MR) is 230 cm³/mol. The first-order valence-electron chi connectivity index (χ1n) is 19.3. The van der Waals surface area contributed by atoms with Crippen LogP contribution in [0.1, 0.15) is 49.9 Å². The Kier molecular flexibility index (Phi) is 6.46. The van der Waals surface area contributed by atoms with Gasteiger partial charge in [-0.2, -0.15) is 0 Å². The number of hydrogen-bond donors (Lipinski definition) is 0. The molecule has 0 aliphatic heterocycles. The molecule has 2 aliphatic carbocycles. The van der Waals surface area contributed by atoms with Crippen LogP contribution in [0.15, 0.2) is 170 Å². The molecule has 0 unspecified atom stereocenters. The van der Waals surface area contributed by atoms with Gasteiger partial charge in [-0.05, 0) is 128 Å². The van der Waals surface area contributed by atoms with Crippen molar-refractivity contribution < 1.29 is 0 Å². The number of rotatable bonds is 3. The van der Waals surface area contributed by atoms with Crippen LogP contribution >= 0.6 is 0 Å². The molecule has 0 atom stereocenters. The van der Waals surface area contributed by atoms with Crippen molar-refractivity contribution in [3.63, 3.8) is 0 Å². The Morgan fingerprint density at radius 1 is 0.296 bits per heavy atom. The minimum atomic E-state index is -0.0878. The van der Waals surface area contributed by atoms with Gasteiger partial charge in [0.1, 0.15) is 0 Å². The van der Waals surface area contributed by atoms with Gasteiger partial charge >= 0.3 is 0 Å². The average molecular weight is 689 g/mol. The molecule has 0 heterocycles. The van der Waals surface area contributed by atoms with Crippen molar-refractivity contribution in [2.24, 2.45) is 0 Å². The van der Waals surface area contributed by atoms with Gasteiger partial charge in [-0.15, -0.1) is 0 Å². The third-order valence-electron chi connectivity index (χ3n) is 12.8. The van der Waals surface area contributed by atoms with E-state index in [0.29, 0.717) is 0 Å². The second kappa shape index (κ2) is 11.1. The zero-order chi connectivity index (χ0) is 36.3. The highest BCUT2D eigenvalue weighted by Gasteiger charge is 2.44. The van der Waals surface area contributed by atoms with E-state index in [9.17, 15) is 0 Å². The number of fused-ring (bicyclic) bond motifs is 10. The molecule has 0 saturated carbocycles. The van der Waals surface area contributed by atoms with Crippen LogP contribution < -0.4 is 0 Å². The van der Waals surface area contributed by atoms with Crippen LogP contribution in [0.25, 0.3) is 88.0 Å². The third kappa shape index (κ3) is 4.26. The Hall–Kier alpha value is -6.24. The van der Waals surface area contributed by atoms with Gasteiger partial charge in [-0.3, -0.25) is 0 Å². The molecule has 11 rings (SSSR count). The summed E-state index contributed by atoms with van der Waals surface area (Å²) in [5, 5.41) is 7.64. The van der Waals surface area contributed by atoms with Crippen molar-refractivity contribution in [2.75, 3.05) is 0 Å². The third-order valence-corrected chi connectivity index (χ3v) is 12.8. The fraction of sp³-hybridized carbons (Fsp3) is 0.111. The molecule has 2 aliphatic rings. The van der Waals surface area contributed by atoms with E-state index in [1.54, 1.807) is 0 Å². The molecule has 0 bridgehead atoms. The minimum absolute atomic E-state index is 0.00621. The largest absolute Gasteiger partial charge is 0.0622 e. The first kappa shape index (κ1) is 31.3. The Bertz CT molecular complexity index is 2970. The van der Waals surface area contributed by atoms with Crippen LogP contribution in [0.2, 0.25) is 0 Å². The molecule has 0 nitrogen and oxygen atoms in total. The van der Waals surface area contributed by atoms with Gasteiger partial charge in [-0.1, -0.05) is 179 Å². The summed E-state index contributed by atoms with van der Waals surface area (Å²) in [6, 6.07) is 63.7. The van der Waals surface area contributed by atoms with Crippen molar-refractivity contribution >= 4 is 32.3 Å². The highest BCUT2D eigenvalue weighted by atomic mass is 14.5. The van der Waals surface area contributed by atoms with Gasteiger partial charge in [0, 0.05) is 10.8 Å².